The van der Waals surface area contributed by atoms with Gasteiger partial charge in [-0.3, -0.25) is 4.79 Å². The number of aliphatic carboxylic acids is 1. The van der Waals surface area contributed by atoms with Gasteiger partial charge >= 0.3 is 5.97 Å². The molecule has 92 valence electrons. The lowest BCUT2D eigenvalue weighted by molar-refractivity contribution is -0.142. The molecule has 17 heavy (non-hydrogen) atoms. The van der Waals surface area contributed by atoms with Gasteiger partial charge in [0.15, 0.2) is 0 Å². The van der Waals surface area contributed by atoms with Gasteiger partial charge < -0.3 is 15.0 Å². The van der Waals surface area contributed by atoms with Crippen molar-refractivity contribution < 1.29 is 9.90 Å². The van der Waals surface area contributed by atoms with Crippen molar-refractivity contribution >= 4 is 5.97 Å². The van der Waals surface area contributed by atoms with Gasteiger partial charge in [0.1, 0.15) is 5.82 Å². The Hall–Kier alpha value is -1.36. The van der Waals surface area contributed by atoms with E-state index >= 15 is 0 Å². The standard InChI is InChI=1S/C12H17N3O2/c16-12(17)8-3-4-9-6-14-11(15(9)7-8)10-2-1-5-13-10/h6,8,10,13H,1-5,7H2,(H,16,17). The molecule has 5 nitrogen and oxygen atoms in total. The van der Waals surface area contributed by atoms with E-state index < -0.39 is 5.97 Å². The molecule has 0 bridgehead atoms. The maximum atomic E-state index is 11.1. The Bertz CT molecular complexity index is 435. The van der Waals surface area contributed by atoms with E-state index in [1.54, 1.807) is 0 Å². The van der Waals surface area contributed by atoms with E-state index in [-0.39, 0.29) is 5.92 Å². The van der Waals surface area contributed by atoms with Crippen LogP contribution in [0.1, 0.15) is 36.8 Å². The highest BCUT2D eigenvalue weighted by Gasteiger charge is 2.29. The van der Waals surface area contributed by atoms with E-state index in [9.17, 15) is 4.79 Å². The molecule has 1 aromatic heterocycles. The van der Waals surface area contributed by atoms with E-state index in [1.165, 1.54) is 12.1 Å². The van der Waals surface area contributed by atoms with Crippen LogP contribution in [0.25, 0.3) is 0 Å². The van der Waals surface area contributed by atoms with Gasteiger partial charge in [-0.25, -0.2) is 4.98 Å². The Morgan fingerprint density at radius 2 is 2.41 bits per heavy atom. The number of nitrogens with one attached hydrogen (secondary N) is 1. The first-order valence-electron chi connectivity index (χ1n) is 6.26. The lowest BCUT2D eigenvalue weighted by Gasteiger charge is -2.24. The molecular weight excluding hydrogens is 218 g/mol. The maximum absolute atomic E-state index is 11.1. The smallest absolute Gasteiger partial charge is 0.308 e. The summed E-state index contributed by atoms with van der Waals surface area (Å²) in [5.74, 6) is 0.0926. The fraction of sp³-hybridized carbons (Fsp3) is 0.667. The zero-order chi connectivity index (χ0) is 11.8. The topological polar surface area (TPSA) is 67.2 Å². The van der Waals surface area contributed by atoms with Crippen molar-refractivity contribution in [3.8, 4) is 0 Å². The Kier molecular flexibility index (Phi) is 2.63. The molecule has 3 heterocycles. The molecule has 2 aliphatic heterocycles. The quantitative estimate of drug-likeness (QED) is 0.801. The molecule has 2 aliphatic rings. The van der Waals surface area contributed by atoms with Gasteiger partial charge in [0.2, 0.25) is 0 Å². The van der Waals surface area contributed by atoms with E-state index in [0.29, 0.717) is 12.6 Å². The number of carboxylic acid groups (broad SMARTS) is 1. The summed E-state index contributed by atoms with van der Waals surface area (Å²) in [7, 11) is 0. The predicted molar refractivity (Wildman–Crippen MR) is 61.7 cm³/mol. The summed E-state index contributed by atoms with van der Waals surface area (Å²) < 4.78 is 2.12. The molecule has 2 N–H and O–H groups in total. The van der Waals surface area contributed by atoms with Gasteiger partial charge in [0, 0.05) is 18.4 Å². The average Bonchev–Trinajstić information content (AvgIpc) is 2.96. The molecule has 1 saturated heterocycles. The SMILES string of the molecule is O=C(O)C1CCc2cnc(C3CCCN3)n2C1. The lowest BCUT2D eigenvalue weighted by Crippen LogP contribution is -2.29. The van der Waals surface area contributed by atoms with Crippen LogP contribution < -0.4 is 5.32 Å². The van der Waals surface area contributed by atoms with Gasteiger partial charge in [0.05, 0.1) is 12.0 Å². The summed E-state index contributed by atoms with van der Waals surface area (Å²) in [6.45, 7) is 1.62. The molecule has 0 spiro atoms. The summed E-state index contributed by atoms with van der Waals surface area (Å²) in [5, 5.41) is 12.5. The van der Waals surface area contributed by atoms with Crippen molar-refractivity contribution in [3.05, 3.63) is 17.7 Å². The third kappa shape index (κ3) is 1.84. The number of aryl methyl sites for hydroxylation is 1. The highest BCUT2D eigenvalue weighted by molar-refractivity contribution is 5.70. The van der Waals surface area contributed by atoms with Gasteiger partial charge in [-0.05, 0) is 32.2 Å². The minimum Gasteiger partial charge on any atom is -0.481 e. The van der Waals surface area contributed by atoms with Crippen LogP contribution in [-0.4, -0.2) is 27.2 Å². The van der Waals surface area contributed by atoms with Crippen molar-refractivity contribution in [2.75, 3.05) is 6.54 Å². The van der Waals surface area contributed by atoms with Gasteiger partial charge in [-0.1, -0.05) is 0 Å². The van der Waals surface area contributed by atoms with E-state index in [0.717, 1.165) is 31.6 Å². The number of imidazole rings is 1. The molecule has 3 rings (SSSR count). The number of fused-ring (bicyclic) bond motifs is 1. The van der Waals surface area contributed by atoms with Crippen LogP contribution in [0, 0.1) is 5.92 Å². The molecular formula is C12H17N3O2. The fourth-order valence-electron chi connectivity index (χ4n) is 2.86. The van der Waals surface area contributed by atoms with Gasteiger partial charge in [-0.15, -0.1) is 0 Å². The van der Waals surface area contributed by atoms with Crippen LogP contribution >= 0.6 is 0 Å². The highest BCUT2D eigenvalue weighted by Crippen LogP contribution is 2.28. The van der Waals surface area contributed by atoms with Crippen molar-refractivity contribution in [1.82, 2.24) is 14.9 Å². The van der Waals surface area contributed by atoms with Crippen molar-refractivity contribution in [1.29, 1.82) is 0 Å². The number of carbonyl (C=O) groups is 1. The summed E-state index contributed by atoms with van der Waals surface area (Å²) in [5.41, 5.74) is 1.19. The number of hydrogen-bond donors (Lipinski definition) is 2. The second-order valence-corrected chi connectivity index (χ2v) is 4.94. The third-order valence-electron chi connectivity index (χ3n) is 3.84. The van der Waals surface area contributed by atoms with Crippen LogP contribution in [0.3, 0.4) is 0 Å². The van der Waals surface area contributed by atoms with E-state index in [4.69, 9.17) is 5.11 Å². The first-order valence-corrected chi connectivity index (χ1v) is 6.26. The molecule has 2 unspecified atom stereocenters. The molecule has 1 aromatic rings. The van der Waals surface area contributed by atoms with Crippen LogP contribution in [0.5, 0.6) is 0 Å². The molecule has 0 aromatic carbocycles. The van der Waals surface area contributed by atoms with Crippen LogP contribution in [-0.2, 0) is 17.8 Å². The van der Waals surface area contributed by atoms with Crippen LogP contribution in [0.15, 0.2) is 6.20 Å². The Morgan fingerprint density at radius 1 is 1.53 bits per heavy atom. The second kappa shape index (κ2) is 4.14. The number of rotatable bonds is 2. The molecule has 0 amide bonds. The van der Waals surface area contributed by atoms with Gasteiger partial charge in [-0.2, -0.15) is 0 Å². The third-order valence-corrected chi connectivity index (χ3v) is 3.84. The maximum Gasteiger partial charge on any atom is 0.308 e. The molecule has 0 aliphatic carbocycles. The lowest BCUT2D eigenvalue weighted by atomic mass is 9.98. The number of aromatic nitrogens is 2. The fourth-order valence-corrected chi connectivity index (χ4v) is 2.86. The number of nitrogens with zero attached hydrogens (tertiary/aromatic N) is 2. The number of hydrogen-bond acceptors (Lipinski definition) is 3. The molecule has 1 fully saturated rings. The average molecular weight is 235 g/mol. The highest BCUT2D eigenvalue weighted by atomic mass is 16.4. The molecule has 0 saturated carbocycles. The van der Waals surface area contributed by atoms with Crippen molar-refractivity contribution in [3.63, 3.8) is 0 Å². The summed E-state index contributed by atoms with van der Waals surface area (Å²) >= 11 is 0. The largest absolute Gasteiger partial charge is 0.481 e. The minimum atomic E-state index is -0.685. The molecule has 0 radical (unpaired) electrons. The molecule has 5 heteroatoms. The second-order valence-electron chi connectivity index (χ2n) is 4.94. The van der Waals surface area contributed by atoms with Crippen LogP contribution in [0.2, 0.25) is 0 Å². The minimum absolute atomic E-state index is 0.253. The predicted octanol–water partition coefficient (Wildman–Crippen LogP) is 0.955. The zero-order valence-corrected chi connectivity index (χ0v) is 9.72. The number of carboxylic acids is 1. The van der Waals surface area contributed by atoms with Crippen molar-refractivity contribution in [2.24, 2.45) is 5.92 Å². The van der Waals surface area contributed by atoms with Gasteiger partial charge in [0.25, 0.3) is 0 Å². The van der Waals surface area contributed by atoms with Crippen molar-refractivity contribution in [2.45, 2.75) is 38.3 Å². The Morgan fingerprint density at radius 3 is 3.12 bits per heavy atom. The normalized spacial score (nSPS) is 28.0. The van der Waals surface area contributed by atoms with E-state index in [2.05, 4.69) is 14.9 Å². The summed E-state index contributed by atoms with van der Waals surface area (Å²) in [6, 6.07) is 0.316. The van der Waals surface area contributed by atoms with Crippen LogP contribution in [0.4, 0.5) is 0 Å². The zero-order valence-electron chi connectivity index (χ0n) is 9.72. The first kappa shape index (κ1) is 10.8. The van der Waals surface area contributed by atoms with E-state index in [1.807, 2.05) is 6.20 Å². The molecule has 2 atom stereocenters. The Labute approximate surface area is 99.8 Å². The monoisotopic (exact) mass is 235 g/mol. The Balaban J connectivity index is 1.88. The summed E-state index contributed by atoms with van der Waals surface area (Å²) in [6.07, 6.45) is 5.76. The first-order chi connectivity index (χ1) is 8.25. The summed E-state index contributed by atoms with van der Waals surface area (Å²) in [4.78, 5) is 15.6.